The fourth-order valence-corrected chi connectivity index (χ4v) is 1.83. The number of rotatable bonds is 7. The molecule has 0 aliphatic heterocycles. The maximum Gasteiger partial charge on any atom is 0.0364 e. The van der Waals surface area contributed by atoms with Crippen molar-refractivity contribution in [2.75, 3.05) is 37.2 Å². The summed E-state index contributed by atoms with van der Waals surface area (Å²) in [5.41, 5.74) is 8.98. The maximum atomic E-state index is 5.87. The van der Waals surface area contributed by atoms with Gasteiger partial charge in [-0.25, -0.2) is 0 Å². The van der Waals surface area contributed by atoms with Crippen molar-refractivity contribution in [3.63, 3.8) is 0 Å². The van der Waals surface area contributed by atoms with E-state index >= 15 is 0 Å². The molecule has 0 spiro atoms. The molecule has 0 amide bonds. The van der Waals surface area contributed by atoms with Gasteiger partial charge in [-0.1, -0.05) is 19.9 Å². The highest BCUT2D eigenvalue weighted by atomic mass is 15.1. The third-order valence-electron chi connectivity index (χ3n) is 3.15. The normalized spacial score (nSPS) is 10.8. The minimum atomic E-state index is 0.860. The third kappa shape index (κ3) is 4.65. The second-order valence-corrected chi connectivity index (χ2v) is 4.38. The van der Waals surface area contributed by atoms with Gasteiger partial charge in [0.2, 0.25) is 0 Å². The van der Waals surface area contributed by atoms with Crippen LogP contribution >= 0.6 is 0 Å². The highest BCUT2D eigenvalue weighted by molar-refractivity contribution is 5.58. The van der Waals surface area contributed by atoms with Crippen LogP contribution in [0.25, 0.3) is 0 Å². The van der Waals surface area contributed by atoms with Crippen molar-refractivity contribution in [1.29, 1.82) is 0 Å². The quantitative estimate of drug-likeness (QED) is 0.564. The summed E-state index contributed by atoms with van der Waals surface area (Å²) >= 11 is 0. The molecule has 17 heavy (non-hydrogen) atoms. The molecule has 0 heterocycles. The van der Waals surface area contributed by atoms with Crippen LogP contribution in [-0.2, 0) is 0 Å². The molecule has 3 N–H and O–H groups in total. The van der Waals surface area contributed by atoms with Crippen molar-refractivity contribution in [3.05, 3.63) is 23.8 Å². The van der Waals surface area contributed by atoms with Gasteiger partial charge >= 0.3 is 0 Å². The van der Waals surface area contributed by atoms with Gasteiger partial charge in [0.25, 0.3) is 0 Å². The lowest BCUT2D eigenvalue weighted by Gasteiger charge is -2.18. The molecule has 96 valence electrons. The van der Waals surface area contributed by atoms with Crippen molar-refractivity contribution < 1.29 is 0 Å². The number of nitrogen functional groups attached to an aromatic ring is 1. The van der Waals surface area contributed by atoms with E-state index < -0.39 is 0 Å². The lowest BCUT2D eigenvalue weighted by atomic mass is 10.2. The zero-order valence-corrected chi connectivity index (χ0v) is 11.3. The average Bonchev–Trinajstić information content (AvgIpc) is 2.34. The zero-order chi connectivity index (χ0) is 12.7. The Kier molecular flexibility index (Phi) is 5.84. The van der Waals surface area contributed by atoms with Gasteiger partial charge in [-0.2, -0.15) is 0 Å². The Labute approximate surface area is 105 Å². The molecule has 1 aromatic rings. The number of nitrogens with one attached hydrogen (secondary N) is 1. The van der Waals surface area contributed by atoms with E-state index in [0.717, 1.165) is 49.5 Å². The van der Waals surface area contributed by atoms with E-state index in [1.165, 1.54) is 0 Å². The molecule has 0 saturated carbocycles. The Morgan fingerprint density at radius 1 is 1.24 bits per heavy atom. The lowest BCUT2D eigenvalue weighted by Crippen LogP contribution is -2.25. The van der Waals surface area contributed by atoms with Crippen LogP contribution in [0.1, 0.15) is 25.8 Å². The predicted octanol–water partition coefficient (Wildman–Crippen LogP) is 2.72. The summed E-state index contributed by atoms with van der Waals surface area (Å²) in [7, 11) is 0. The number of anilines is 2. The first-order chi connectivity index (χ1) is 8.17. The van der Waals surface area contributed by atoms with Crippen LogP contribution in [0.4, 0.5) is 11.4 Å². The van der Waals surface area contributed by atoms with Gasteiger partial charge < -0.3 is 16.0 Å². The van der Waals surface area contributed by atoms with Gasteiger partial charge in [0, 0.05) is 17.9 Å². The number of aryl methyl sites for hydroxylation is 1. The van der Waals surface area contributed by atoms with Crippen LogP contribution in [0.3, 0.4) is 0 Å². The fraction of sp³-hybridized carbons (Fsp3) is 0.571. The van der Waals surface area contributed by atoms with Gasteiger partial charge in [0.15, 0.2) is 0 Å². The SMILES string of the molecule is CCN(CC)CCCNc1ccc(C)c(N)c1. The van der Waals surface area contributed by atoms with E-state index in [-0.39, 0.29) is 0 Å². The van der Waals surface area contributed by atoms with E-state index in [4.69, 9.17) is 5.73 Å². The van der Waals surface area contributed by atoms with Gasteiger partial charge in [-0.15, -0.1) is 0 Å². The first kappa shape index (κ1) is 13.8. The summed E-state index contributed by atoms with van der Waals surface area (Å²) in [4.78, 5) is 2.44. The Bertz CT molecular complexity index is 332. The predicted molar refractivity (Wildman–Crippen MR) is 76.5 cm³/mol. The molecule has 1 aromatic carbocycles. The van der Waals surface area contributed by atoms with Gasteiger partial charge in [-0.05, 0) is 50.7 Å². The van der Waals surface area contributed by atoms with Crippen molar-refractivity contribution in [2.45, 2.75) is 27.2 Å². The van der Waals surface area contributed by atoms with Crippen LogP contribution in [0.5, 0.6) is 0 Å². The molecule has 0 aliphatic carbocycles. The van der Waals surface area contributed by atoms with Crippen LogP contribution < -0.4 is 11.1 Å². The molecule has 0 aromatic heterocycles. The minimum Gasteiger partial charge on any atom is -0.398 e. The highest BCUT2D eigenvalue weighted by Gasteiger charge is 1.99. The van der Waals surface area contributed by atoms with E-state index in [9.17, 15) is 0 Å². The maximum absolute atomic E-state index is 5.87. The number of hydrogen-bond acceptors (Lipinski definition) is 3. The molecule has 0 saturated heterocycles. The van der Waals surface area contributed by atoms with Crippen molar-refractivity contribution in [2.24, 2.45) is 0 Å². The van der Waals surface area contributed by atoms with Gasteiger partial charge in [-0.3, -0.25) is 0 Å². The largest absolute Gasteiger partial charge is 0.398 e. The van der Waals surface area contributed by atoms with Crippen LogP contribution in [-0.4, -0.2) is 31.1 Å². The lowest BCUT2D eigenvalue weighted by molar-refractivity contribution is 0.303. The summed E-state index contributed by atoms with van der Waals surface area (Å²) in [5, 5.41) is 3.41. The Morgan fingerprint density at radius 3 is 2.53 bits per heavy atom. The van der Waals surface area contributed by atoms with E-state index in [2.05, 4.69) is 36.2 Å². The first-order valence-electron chi connectivity index (χ1n) is 6.49. The molecule has 0 radical (unpaired) electrons. The standard InChI is InChI=1S/C14H25N3/c1-4-17(5-2)10-6-9-16-13-8-7-12(3)14(15)11-13/h7-8,11,16H,4-6,9-10,15H2,1-3H3. The first-order valence-corrected chi connectivity index (χ1v) is 6.49. The second-order valence-electron chi connectivity index (χ2n) is 4.38. The molecule has 3 heteroatoms. The monoisotopic (exact) mass is 235 g/mol. The molecular weight excluding hydrogens is 210 g/mol. The molecule has 3 nitrogen and oxygen atoms in total. The highest BCUT2D eigenvalue weighted by Crippen LogP contribution is 2.16. The molecule has 0 aliphatic rings. The number of benzene rings is 1. The summed E-state index contributed by atoms with van der Waals surface area (Å²) in [6.07, 6.45) is 1.16. The van der Waals surface area contributed by atoms with E-state index in [1.807, 2.05) is 13.0 Å². The second kappa shape index (κ2) is 7.17. The molecule has 0 bridgehead atoms. The van der Waals surface area contributed by atoms with Gasteiger partial charge in [0.05, 0.1) is 0 Å². The Hall–Kier alpha value is -1.22. The minimum absolute atomic E-state index is 0.860. The van der Waals surface area contributed by atoms with Crippen LogP contribution in [0.15, 0.2) is 18.2 Å². The molecule has 1 rings (SSSR count). The summed E-state index contributed by atoms with van der Waals surface area (Å²) in [6.45, 7) is 10.9. The number of hydrogen-bond donors (Lipinski definition) is 2. The molecule has 0 fully saturated rings. The van der Waals surface area contributed by atoms with E-state index in [0.29, 0.717) is 0 Å². The summed E-state index contributed by atoms with van der Waals surface area (Å²) < 4.78 is 0. The summed E-state index contributed by atoms with van der Waals surface area (Å²) in [5.74, 6) is 0. The number of nitrogens with two attached hydrogens (primary N) is 1. The van der Waals surface area contributed by atoms with Crippen LogP contribution in [0.2, 0.25) is 0 Å². The Balaban J connectivity index is 2.28. The van der Waals surface area contributed by atoms with Crippen molar-refractivity contribution in [1.82, 2.24) is 4.90 Å². The topological polar surface area (TPSA) is 41.3 Å². The van der Waals surface area contributed by atoms with Crippen LogP contribution in [0, 0.1) is 6.92 Å². The Morgan fingerprint density at radius 2 is 1.94 bits per heavy atom. The molecular formula is C14H25N3. The third-order valence-corrected chi connectivity index (χ3v) is 3.15. The van der Waals surface area contributed by atoms with E-state index in [1.54, 1.807) is 0 Å². The molecule has 0 unspecified atom stereocenters. The van der Waals surface area contributed by atoms with Crippen molar-refractivity contribution >= 4 is 11.4 Å². The summed E-state index contributed by atoms with van der Waals surface area (Å²) in [6, 6.07) is 6.15. The van der Waals surface area contributed by atoms with Gasteiger partial charge in [0.1, 0.15) is 0 Å². The average molecular weight is 235 g/mol. The smallest absolute Gasteiger partial charge is 0.0364 e. The zero-order valence-electron chi connectivity index (χ0n) is 11.3. The fourth-order valence-electron chi connectivity index (χ4n) is 1.83. The van der Waals surface area contributed by atoms with Crippen molar-refractivity contribution in [3.8, 4) is 0 Å². The number of nitrogens with zero attached hydrogens (tertiary/aromatic N) is 1. The molecule has 0 atom stereocenters.